The van der Waals surface area contributed by atoms with Crippen LogP contribution in [0.25, 0.3) is 11.0 Å². The minimum absolute atomic E-state index is 0.0339. The first-order chi connectivity index (χ1) is 12.5. The summed E-state index contributed by atoms with van der Waals surface area (Å²) in [6.45, 7) is 5.09. The number of amides is 4. The zero-order valence-electron chi connectivity index (χ0n) is 15.0. The number of aromatic nitrogens is 2. The maximum absolute atomic E-state index is 12.4. The number of likely N-dealkylation sites (N-methyl/N-ethyl adjacent to an activating group) is 1. The number of rotatable bonds is 7. The molecule has 2 heterocycles. The van der Waals surface area contributed by atoms with E-state index in [0.29, 0.717) is 25.9 Å². The molecule has 26 heavy (non-hydrogen) atoms. The number of carbonyl (C=O) groups excluding carboxylic acids is 3. The lowest BCUT2D eigenvalue weighted by atomic mass is 10.1. The average Bonchev–Trinajstić information content (AvgIpc) is 3.14. The molecule has 1 aliphatic heterocycles. The van der Waals surface area contributed by atoms with Crippen LogP contribution >= 0.6 is 0 Å². The maximum atomic E-state index is 12.4. The fourth-order valence-electron chi connectivity index (χ4n) is 3.08. The van der Waals surface area contributed by atoms with Crippen molar-refractivity contribution in [3.63, 3.8) is 0 Å². The Morgan fingerprint density at radius 2 is 2.12 bits per heavy atom. The molecule has 1 aliphatic rings. The lowest BCUT2D eigenvalue weighted by Gasteiger charge is -2.21. The molecule has 1 saturated heterocycles. The van der Waals surface area contributed by atoms with Crippen molar-refractivity contribution in [3.8, 4) is 0 Å². The Kier molecular flexibility index (Phi) is 5.20. The van der Waals surface area contributed by atoms with Crippen LogP contribution in [-0.4, -0.2) is 51.8 Å². The molecule has 0 saturated carbocycles. The van der Waals surface area contributed by atoms with Crippen molar-refractivity contribution < 1.29 is 14.4 Å². The number of aryl methyl sites for hydroxylation is 1. The third-order valence-electron chi connectivity index (χ3n) is 4.54. The second kappa shape index (κ2) is 7.55. The van der Waals surface area contributed by atoms with E-state index < -0.39 is 12.1 Å². The summed E-state index contributed by atoms with van der Waals surface area (Å²) < 4.78 is 0. The Bertz CT molecular complexity index is 844. The van der Waals surface area contributed by atoms with Gasteiger partial charge in [-0.3, -0.25) is 14.9 Å². The number of aromatic amines is 1. The van der Waals surface area contributed by atoms with E-state index >= 15 is 0 Å². The van der Waals surface area contributed by atoms with Gasteiger partial charge in [0.25, 0.3) is 5.91 Å². The van der Waals surface area contributed by atoms with Crippen LogP contribution in [0, 0.1) is 6.92 Å². The van der Waals surface area contributed by atoms with Crippen molar-refractivity contribution in [2.45, 2.75) is 39.2 Å². The highest BCUT2D eigenvalue weighted by Gasteiger charge is 2.30. The number of fused-ring (bicyclic) bond motifs is 1. The smallest absolute Gasteiger partial charge is 0.322 e. The van der Waals surface area contributed by atoms with E-state index in [1.54, 1.807) is 4.90 Å². The molecule has 1 aromatic heterocycles. The average molecular weight is 357 g/mol. The summed E-state index contributed by atoms with van der Waals surface area (Å²) in [6, 6.07) is 4.93. The summed E-state index contributed by atoms with van der Waals surface area (Å²) in [6.07, 6.45) is 1.15. The van der Waals surface area contributed by atoms with Gasteiger partial charge in [-0.2, -0.15) is 0 Å². The predicted octanol–water partition coefficient (Wildman–Crippen LogP) is 1.25. The van der Waals surface area contributed by atoms with Crippen LogP contribution in [0.2, 0.25) is 0 Å². The first kappa shape index (κ1) is 17.9. The van der Waals surface area contributed by atoms with E-state index in [2.05, 4.69) is 26.7 Å². The monoisotopic (exact) mass is 357 g/mol. The summed E-state index contributed by atoms with van der Waals surface area (Å²) in [5.41, 5.74) is 3.08. The highest BCUT2D eigenvalue weighted by atomic mass is 16.2. The molecule has 8 heteroatoms. The number of carbonyl (C=O) groups is 3. The van der Waals surface area contributed by atoms with Crippen LogP contribution < -0.4 is 10.6 Å². The molecule has 0 bridgehead atoms. The number of imidazole rings is 1. The first-order valence-corrected chi connectivity index (χ1v) is 8.80. The van der Waals surface area contributed by atoms with Crippen LogP contribution in [0.1, 0.15) is 31.2 Å². The number of imide groups is 1. The maximum Gasteiger partial charge on any atom is 0.322 e. The van der Waals surface area contributed by atoms with Crippen LogP contribution in [0.3, 0.4) is 0 Å². The minimum Gasteiger partial charge on any atom is -0.343 e. The number of nitrogens with one attached hydrogen (secondary N) is 3. The lowest BCUT2D eigenvalue weighted by molar-refractivity contribution is -0.131. The normalized spacial score (nSPS) is 16.6. The van der Waals surface area contributed by atoms with Gasteiger partial charge in [0.15, 0.2) is 0 Å². The summed E-state index contributed by atoms with van der Waals surface area (Å²) in [5.74, 6) is 0.441. The molecule has 0 spiro atoms. The topological polar surface area (TPSA) is 107 Å². The second-order valence-corrected chi connectivity index (χ2v) is 6.48. The molecular formula is C18H23N5O3. The molecule has 4 amide bonds. The Hall–Kier alpha value is -2.90. The number of hydrogen-bond donors (Lipinski definition) is 3. The highest BCUT2D eigenvalue weighted by Crippen LogP contribution is 2.14. The van der Waals surface area contributed by atoms with Gasteiger partial charge in [-0.1, -0.05) is 6.07 Å². The van der Waals surface area contributed by atoms with E-state index in [1.807, 2.05) is 26.0 Å². The van der Waals surface area contributed by atoms with Gasteiger partial charge in [0.2, 0.25) is 5.91 Å². The molecule has 0 radical (unpaired) electrons. The van der Waals surface area contributed by atoms with E-state index in [0.717, 1.165) is 16.9 Å². The van der Waals surface area contributed by atoms with Crippen molar-refractivity contribution in [3.05, 3.63) is 29.6 Å². The zero-order valence-corrected chi connectivity index (χ0v) is 15.0. The standard InChI is InChI=1S/C18H23N5O3/c1-3-23(16(24)7-6-13-17(25)22-18(26)21-13)9-8-15-19-12-5-4-11(2)10-14(12)20-15/h4-5,10,13H,3,6-9H2,1-2H3,(H,19,20)(H2,21,22,25,26). The lowest BCUT2D eigenvalue weighted by Crippen LogP contribution is -2.35. The molecular weight excluding hydrogens is 334 g/mol. The molecule has 1 fully saturated rings. The van der Waals surface area contributed by atoms with Gasteiger partial charge < -0.3 is 15.2 Å². The van der Waals surface area contributed by atoms with Gasteiger partial charge in [-0.05, 0) is 38.0 Å². The highest BCUT2D eigenvalue weighted by molar-refractivity contribution is 6.04. The second-order valence-electron chi connectivity index (χ2n) is 6.48. The third kappa shape index (κ3) is 4.01. The first-order valence-electron chi connectivity index (χ1n) is 8.80. The molecule has 0 aliphatic carbocycles. The number of hydrogen-bond acceptors (Lipinski definition) is 4. The molecule has 2 aromatic rings. The van der Waals surface area contributed by atoms with Crippen LogP contribution in [0.5, 0.6) is 0 Å². The largest absolute Gasteiger partial charge is 0.343 e. The number of urea groups is 1. The van der Waals surface area contributed by atoms with Crippen molar-refractivity contribution in [1.82, 2.24) is 25.5 Å². The van der Waals surface area contributed by atoms with Gasteiger partial charge in [0, 0.05) is 25.9 Å². The predicted molar refractivity (Wildman–Crippen MR) is 96.5 cm³/mol. The molecule has 8 nitrogen and oxygen atoms in total. The van der Waals surface area contributed by atoms with Crippen molar-refractivity contribution in [2.24, 2.45) is 0 Å². The van der Waals surface area contributed by atoms with Crippen LogP contribution in [-0.2, 0) is 16.0 Å². The Balaban J connectivity index is 1.53. The van der Waals surface area contributed by atoms with E-state index in [1.165, 1.54) is 5.56 Å². The summed E-state index contributed by atoms with van der Waals surface area (Å²) in [5, 5.41) is 4.68. The quantitative estimate of drug-likeness (QED) is 0.648. The van der Waals surface area contributed by atoms with Crippen LogP contribution in [0.4, 0.5) is 4.79 Å². The SMILES string of the molecule is CCN(CCc1nc2ccc(C)cc2[nH]1)C(=O)CCC1NC(=O)NC1=O. The molecule has 1 atom stereocenters. The van der Waals surface area contributed by atoms with Gasteiger partial charge >= 0.3 is 6.03 Å². The summed E-state index contributed by atoms with van der Waals surface area (Å²) >= 11 is 0. The Labute approximate surface area is 151 Å². The molecule has 3 rings (SSSR count). The Morgan fingerprint density at radius 3 is 2.81 bits per heavy atom. The fourth-order valence-corrected chi connectivity index (χ4v) is 3.08. The minimum atomic E-state index is -0.622. The van der Waals surface area contributed by atoms with Gasteiger partial charge in [0.05, 0.1) is 11.0 Å². The number of benzene rings is 1. The zero-order chi connectivity index (χ0) is 18.7. The summed E-state index contributed by atoms with van der Waals surface area (Å²) in [4.78, 5) is 44.6. The van der Waals surface area contributed by atoms with Crippen molar-refractivity contribution in [1.29, 1.82) is 0 Å². The Morgan fingerprint density at radius 1 is 1.31 bits per heavy atom. The van der Waals surface area contributed by atoms with E-state index in [-0.39, 0.29) is 18.2 Å². The molecule has 1 aromatic carbocycles. The van der Waals surface area contributed by atoms with E-state index in [4.69, 9.17) is 0 Å². The van der Waals surface area contributed by atoms with Gasteiger partial charge in [0.1, 0.15) is 11.9 Å². The number of H-pyrrole nitrogens is 1. The number of nitrogens with zero attached hydrogens (tertiary/aromatic N) is 2. The van der Waals surface area contributed by atoms with Crippen molar-refractivity contribution in [2.75, 3.05) is 13.1 Å². The van der Waals surface area contributed by atoms with Crippen LogP contribution in [0.15, 0.2) is 18.2 Å². The van der Waals surface area contributed by atoms with Gasteiger partial charge in [-0.25, -0.2) is 9.78 Å². The van der Waals surface area contributed by atoms with Crippen molar-refractivity contribution >= 4 is 28.9 Å². The summed E-state index contributed by atoms with van der Waals surface area (Å²) in [7, 11) is 0. The fraction of sp³-hybridized carbons (Fsp3) is 0.444. The third-order valence-corrected chi connectivity index (χ3v) is 4.54. The molecule has 1 unspecified atom stereocenters. The van der Waals surface area contributed by atoms with E-state index in [9.17, 15) is 14.4 Å². The molecule has 138 valence electrons. The van der Waals surface area contributed by atoms with Gasteiger partial charge in [-0.15, -0.1) is 0 Å². The molecule has 3 N–H and O–H groups in total.